The fraction of sp³-hybridized carbons (Fsp3) is 1.00. The van der Waals surface area contributed by atoms with Gasteiger partial charge in [0.25, 0.3) is 0 Å². The van der Waals surface area contributed by atoms with Gasteiger partial charge >= 0.3 is 0 Å². The highest BCUT2D eigenvalue weighted by atomic mass is 16.5. The van der Waals surface area contributed by atoms with Crippen molar-refractivity contribution in [3.05, 3.63) is 0 Å². The van der Waals surface area contributed by atoms with Crippen molar-refractivity contribution in [3.63, 3.8) is 0 Å². The molecule has 0 amide bonds. The molecule has 11 heavy (non-hydrogen) atoms. The maximum absolute atomic E-state index is 5.46. The Bertz CT molecular complexity index is 105. The second-order valence-corrected chi connectivity index (χ2v) is 3.45. The first-order chi connectivity index (χ1) is 5.33. The third-order valence-electron chi connectivity index (χ3n) is 2.56. The molecule has 2 heteroatoms. The van der Waals surface area contributed by atoms with Gasteiger partial charge in [-0.2, -0.15) is 0 Å². The number of unbranched alkanes of at least 4 members (excludes halogenated alkanes) is 2. The standard InChI is InChI=1S/C9H19NO/c1-3-4-5-6-9(11-2)7-10-8-9/h10H,3-8H2,1-2H3. The minimum absolute atomic E-state index is 0.204. The van der Waals surface area contributed by atoms with Crippen molar-refractivity contribution in [1.82, 2.24) is 5.32 Å². The minimum atomic E-state index is 0.204. The molecule has 66 valence electrons. The summed E-state index contributed by atoms with van der Waals surface area (Å²) in [5.41, 5.74) is 0.204. The average Bonchev–Trinajstić information content (AvgIpc) is 1.95. The quantitative estimate of drug-likeness (QED) is 0.611. The van der Waals surface area contributed by atoms with Crippen LogP contribution in [0.2, 0.25) is 0 Å². The molecule has 0 radical (unpaired) electrons. The lowest BCUT2D eigenvalue weighted by atomic mass is 9.90. The molecular weight excluding hydrogens is 138 g/mol. The molecule has 0 bridgehead atoms. The second-order valence-electron chi connectivity index (χ2n) is 3.45. The number of methoxy groups -OCH3 is 1. The Morgan fingerprint density at radius 3 is 2.45 bits per heavy atom. The van der Waals surface area contributed by atoms with E-state index in [9.17, 15) is 0 Å². The molecule has 1 aliphatic rings. The molecule has 1 rings (SSSR count). The lowest BCUT2D eigenvalue weighted by Crippen LogP contribution is -2.60. The van der Waals surface area contributed by atoms with Gasteiger partial charge in [0.05, 0.1) is 5.60 Å². The maximum Gasteiger partial charge on any atom is 0.0926 e. The van der Waals surface area contributed by atoms with Crippen LogP contribution in [0.5, 0.6) is 0 Å². The summed E-state index contributed by atoms with van der Waals surface area (Å²) in [7, 11) is 1.83. The molecule has 0 unspecified atom stereocenters. The Balaban J connectivity index is 2.11. The third-order valence-corrected chi connectivity index (χ3v) is 2.56. The fourth-order valence-electron chi connectivity index (χ4n) is 1.52. The van der Waals surface area contributed by atoms with Crippen molar-refractivity contribution in [3.8, 4) is 0 Å². The molecule has 0 aromatic rings. The largest absolute Gasteiger partial charge is 0.376 e. The fourth-order valence-corrected chi connectivity index (χ4v) is 1.52. The zero-order valence-electron chi connectivity index (χ0n) is 7.65. The van der Waals surface area contributed by atoms with Crippen LogP contribution in [0.1, 0.15) is 32.6 Å². The summed E-state index contributed by atoms with van der Waals surface area (Å²) in [5, 5.41) is 3.25. The number of nitrogens with one attached hydrogen (secondary N) is 1. The van der Waals surface area contributed by atoms with Crippen molar-refractivity contribution in [2.45, 2.75) is 38.2 Å². The van der Waals surface area contributed by atoms with Crippen LogP contribution in [0.15, 0.2) is 0 Å². The minimum Gasteiger partial charge on any atom is -0.376 e. The van der Waals surface area contributed by atoms with Crippen molar-refractivity contribution < 1.29 is 4.74 Å². The predicted octanol–water partition coefficient (Wildman–Crippen LogP) is 1.56. The van der Waals surface area contributed by atoms with Gasteiger partial charge in [0.1, 0.15) is 0 Å². The number of rotatable bonds is 5. The van der Waals surface area contributed by atoms with E-state index >= 15 is 0 Å². The monoisotopic (exact) mass is 157 g/mol. The third kappa shape index (κ3) is 2.17. The molecule has 1 saturated heterocycles. The van der Waals surface area contributed by atoms with Crippen LogP contribution in [0, 0.1) is 0 Å². The second kappa shape index (κ2) is 4.07. The predicted molar refractivity (Wildman–Crippen MR) is 46.8 cm³/mol. The van der Waals surface area contributed by atoms with Crippen molar-refractivity contribution in [2.24, 2.45) is 0 Å². The Morgan fingerprint density at radius 2 is 2.09 bits per heavy atom. The van der Waals surface area contributed by atoms with Gasteiger partial charge in [-0.05, 0) is 6.42 Å². The van der Waals surface area contributed by atoms with Gasteiger partial charge < -0.3 is 10.1 Å². The van der Waals surface area contributed by atoms with Crippen LogP contribution < -0.4 is 5.32 Å². The van der Waals surface area contributed by atoms with Crippen LogP contribution in [-0.2, 0) is 4.74 Å². The lowest BCUT2D eigenvalue weighted by Gasteiger charge is -2.41. The summed E-state index contributed by atoms with van der Waals surface area (Å²) in [6.45, 7) is 4.33. The molecule has 1 N–H and O–H groups in total. The lowest BCUT2D eigenvalue weighted by molar-refractivity contribution is -0.0584. The van der Waals surface area contributed by atoms with Crippen molar-refractivity contribution >= 4 is 0 Å². The number of hydrogen-bond acceptors (Lipinski definition) is 2. The van der Waals surface area contributed by atoms with E-state index in [0.717, 1.165) is 13.1 Å². The van der Waals surface area contributed by atoms with Crippen LogP contribution in [-0.4, -0.2) is 25.8 Å². The normalized spacial score (nSPS) is 21.3. The van der Waals surface area contributed by atoms with Crippen molar-refractivity contribution in [2.75, 3.05) is 20.2 Å². The van der Waals surface area contributed by atoms with E-state index in [1.54, 1.807) is 0 Å². The smallest absolute Gasteiger partial charge is 0.0926 e. The highest BCUT2D eigenvalue weighted by Crippen LogP contribution is 2.22. The summed E-state index contributed by atoms with van der Waals surface area (Å²) < 4.78 is 5.46. The van der Waals surface area contributed by atoms with E-state index in [1.165, 1.54) is 25.7 Å². The van der Waals surface area contributed by atoms with Gasteiger partial charge in [-0.25, -0.2) is 0 Å². The van der Waals surface area contributed by atoms with Crippen LogP contribution in [0.4, 0.5) is 0 Å². The molecule has 0 aliphatic carbocycles. The first-order valence-electron chi connectivity index (χ1n) is 4.59. The number of hydrogen-bond donors (Lipinski definition) is 1. The van der Waals surface area contributed by atoms with Crippen LogP contribution in [0.3, 0.4) is 0 Å². The first-order valence-corrected chi connectivity index (χ1v) is 4.59. The van der Waals surface area contributed by atoms with E-state index in [0.29, 0.717) is 0 Å². The Labute approximate surface area is 69.3 Å². The maximum atomic E-state index is 5.46. The molecule has 2 nitrogen and oxygen atoms in total. The Kier molecular flexibility index (Phi) is 3.34. The van der Waals surface area contributed by atoms with Gasteiger partial charge in [-0.15, -0.1) is 0 Å². The highest BCUT2D eigenvalue weighted by molar-refractivity contribution is 4.93. The summed E-state index contributed by atoms with van der Waals surface area (Å²) in [4.78, 5) is 0. The molecule has 1 fully saturated rings. The first kappa shape index (κ1) is 9.01. The zero-order chi connectivity index (χ0) is 8.16. The van der Waals surface area contributed by atoms with Crippen molar-refractivity contribution in [1.29, 1.82) is 0 Å². The van der Waals surface area contributed by atoms with E-state index in [4.69, 9.17) is 4.74 Å². The average molecular weight is 157 g/mol. The molecule has 0 aromatic heterocycles. The SMILES string of the molecule is CCCCCC1(OC)CNC1. The van der Waals surface area contributed by atoms with E-state index in [2.05, 4.69) is 12.2 Å². The van der Waals surface area contributed by atoms with Crippen LogP contribution in [0.25, 0.3) is 0 Å². The molecular formula is C9H19NO. The van der Waals surface area contributed by atoms with Crippen LogP contribution >= 0.6 is 0 Å². The van der Waals surface area contributed by atoms with E-state index < -0.39 is 0 Å². The summed E-state index contributed by atoms with van der Waals surface area (Å²) in [6.07, 6.45) is 5.18. The van der Waals surface area contributed by atoms with Gasteiger partial charge in [0.15, 0.2) is 0 Å². The molecule has 0 saturated carbocycles. The van der Waals surface area contributed by atoms with Gasteiger partial charge in [0, 0.05) is 20.2 Å². The molecule has 1 heterocycles. The molecule has 0 spiro atoms. The Hall–Kier alpha value is -0.0800. The topological polar surface area (TPSA) is 21.3 Å². The summed E-state index contributed by atoms with van der Waals surface area (Å²) >= 11 is 0. The van der Waals surface area contributed by atoms with Gasteiger partial charge in [-0.1, -0.05) is 26.2 Å². The van der Waals surface area contributed by atoms with Gasteiger partial charge in [-0.3, -0.25) is 0 Å². The number of ether oxygens (including phenoxy) is 1. The molecule has 0 aromatic carbocycles. The summed E-state index contributed by atoms with van der Waals surface area (Å²) in [5.74, 6) is 0. The van der Waals surface area contributed by atoms with Gasteiger partial charge in [0.2, 0.25) is 0 Å². The van der Waals surface area contributed by atoms with E-state index in [-0.39, 0.29) is 5.60 Å². The van der Waals surface area contributed by atoms with E-state index in [1.807, 2.05) is 7.11 Å². The molecule has 1 aliphatic heterocycles. The Morgan fingerprint density at radius 1 is 1.36 bits per heavy atom. The highest BCUT2D eigenvalue weighted by Gasteiger charge is 2.35. The molecule has 0 atom stereocenters. The summed E-state index contributed by atoms with van der Waals surface area (Å²) in [6, 6.07) is 0. The zero-order valence-corrected chi connectivity index (χ0v) is 7.65.